The van der Waals surface area contributed by atoms with Crippen LogP contribution in [0.4, 0.5) is 5.82 Å². The van der Waals surface area contributed by atoms with E-state index in [2.05, 4.69) is 20.9 Å². The summed E-state index contributed by atoms with van der Waals surface area (Å²) in [5, 5.41) is 11.1. The highest BCUT2D eigenvalue weighted by atomic mass is 79.9. The normalized spacial score (nSPS) is 17.8. The number of aliphatic hydroxyl groups excluding tert-OH is 1. The number of anilines is 1. The first-order chi connectivity index (χ1) is 15.4. The van der Waals surface area contributed by atoms with E-state index in [9.17, 15) is 14.7 Å². The van der Waals surface area contributed by atoms with Crippen LogP contribution in [0.1, 0.15) is 31.0 Å². The van der Waals surface area contributed by atoms with Gasteiger partial charge in [0.2, 0.25) is 0 Å². The first-order valence-electron chi connectivity index (χ1n) is 10.1. The van der Waals surface area contributed by atoms with E-state index in [-0.39, 0.29) is 17.4 Å². The first-order valence-corrected chi connectivity index (χ1v) is 10.9. The van der Waals surface area contributed by atoms with Gasteiger partial charge in [-0.05, 0) is 67.9 Å². The Morgan fingerprint density at radius 1 is 1.03 bits per heavy atom. The zero-order valence-corrected chi connectivity index (χ0v) is 19.1. The van der Waals surface area contributed by atoms with Crippen LogP contribution in [0.5, 0.6) is 5.75 Å². The van der Waals surface area contributed by atoms with Gasteiger partial charge in [-0.15, -0.1) is 0 Å². The molecule has 2 aromatic carbocycles. The van der Waals surface area contributed by atoms with Gasteiger partial charge in [0, 0.05) is 16.2 Å². The number of amides is 1. The third-order valence-corrected chi connectivity index (χ3v) is 5.55. The van der Waals surface area contributed by atoms with Crippen LogP contribution in [0.25, 0.3) is 5.76 Å². The zero-order valence-electron chi connectivity index (χ0n) is 17.5. The van der Waals surface area contributed by atoms with Crippen LogP contribution in [0.2, 0.25) is 0 Å². The number of nitrogens with zero attached hydrogens (tertiary/aromatic N) is 2. The SMILES string of the molecule is CC(C)Oc1ccc(C(O)=C2C(=O)C(=O)N(c3ccccn3)[C@@H]2c2ccc(Br)cc2)cc1. The average molecular weight is 493 g/mol. The van der Waals surface area contributed by atoms with E-state index >= 15 is 0 Å². The number of benzene rings is 2. The number of rotatable bonds is 5. The molecule has 0 saturated carbocycles. The van der Waals surface area contributed by atoms with Crippen LogP contribution < -0.4 is 9.64 Å². The maximum absolute atomic E-state index is 13.1. The molecule has 2 heterocycles. The van der Waals surface area contributed by atoms with Gasteiger partial charge in [0.15, 0.2) is 0 Å². The molecule has 162 valence electrons. The number of pyridine rings is 1. The first kappa shape index (κ1) is 21.8. The summed E-state index contributed by atoms with van der Waals surface area (Å²) in [6.45, 7) is 3.84. The van der Waals surface area contributed by atoms with E-state index in [1.54, 1.807) is 48.7 Å². The number of Topliss-reactive ketones (excluding diaryl/α,β-unsaturated/α-hetero) is 1. The summed E-state index contributed by atoms with van der Waals surface area (Å²) in [7, 11) is 0. The number of aromatic nitrogens is 1. The molecule has 0 aliphatic carbocycles. The maximum Gasteiger partial charge on any atom is 0.301 e. The van der Waals surface area contributed by atoms with Crippen LogP contribution >= 0.6 is 15.9 Å². The van der Waals surface area contributed by atoms with E-state index in [1.807, 2.05) is 38.1 Å². The van der Waals surface area contributed by atoms with E-state index in [4.69, 9.17) is 4.74 Å². The Bertz CT molecular complexity index is 1170. The van der Waals surface area contributed by atoms with Gasteiger partial charge in [-0.1, -0.05) is 34.1 Å². The van der Waals surface area contributed by atoms with Crippen LogP contribution in [0, 0.1) is 0 Å². The van der Waals surface area contributed by atoms with Gasteiger partial charge in [-0.2, -0.15) is 0 Å². The fraction of sp³-hybridized carbons (Fsp3) is 0.160. The monoisotopic (exact) mass is 492 g/mol. The Morgan fingerprint density at radius 3 is 2.31 bits per heavy atom. The van der Waals surface area contributed by atoms with Gasteiger partial charge in [0.25, 0.3) is 5.78 Å². The predicted octanol–water partition coefficient (Wildman–Crippen LogP) is 5.26. The zero-order chi connectivity index (χ0) is 22.8. The van der Waals surface area contributed by atoms with Crippen molar-refractivity contribution in [1.29, 1.82) is 0 Å². The second-order valence-corrected chi connectivity index (χ2v) is 8.52. The minimum atomic E-state index is -0.815. The number of aliphatic hydroxyl groups is 1. The molecule has 7 heteroatoms. The van der Waals surface area contributed by atoms with Crippen molar-refractivity contribution in [2.24, 2.45) is 0 Å². The highest BCUT2D eigenvalue weighted by molar-refractivity contribution is 9.10. The standard InChI is InChI=1S/C25H21BrN2O4/c1-15(2)32-19-12-8-17(9-13-19)23(29)21-22(16-6-10-18(26)11-7-16)28(25(31)24(21)30)20-5-3-4-14-27-20/h3-15,22,29H,1-2H3/t22-/m1/s1. The average Bonchev–Trinajstić information content (AvgIpc) is 3.05. The van der Waals surface area contributed by atoms with E-state index < -0.39 is 17.7 Å². The lowest BCUT2D eigenvalue weighted by Gasteiger charge is -2.24. The molecule has 0 radical (unpaired) electrons. The maximum atomic E-state index is 13.1. The van der Waals surface area contributed by atoms with Crippen molar-refractivity contribution in [2.45, 2.75) is 26.0 Å². The summed E-state index contributed by atoms with van der Waals surface area (Å²) in [6.07, 6.45) is 1.57. The minimum absolute atomic E-state index is 0.00977. The van der Waals surface area contributed by atoms with Crippen molar-refractivity contribution in [3.8, 4) is 5.75 Å². The number of ether oxygens (including phenoxy) is 1. The number of hydrogen-bond acceptors (Lipinski definition) is 5. The fourth-order valence-corrected chi connectivity index (χ4v) is 3.91. The van der Waals surface area contributed by atoms with Gasteiger partial charge in [0.05, 0.1) is 17.7 Å². The highest BCUT2D eigenvalue weighted by Gasteiger charge is 2.47. The molecule has 3 aromatic rings. The molecule has 1 atom stereocenters. The molecule has 1 saturated heterocycles. The molecule has 0 spiro atoms. The number of carbonyl (C=O) groups is 2. The van der Waals surface area contributed by atoms with Crippen molar-refractivity contribution in [1.82, 2.24) is 4.98 Å². The molecular weight excluding hydrogens is 472 g/mol. The van der Waals surface area contributed by atoms with Crippen LogP contribution in [-0.2, 0) is 9.59 Å². The summed E-state index contributed by atoms with van der Waals surface area (Å²) in [6, 6.07) is 18.4. The number of ketones is 1. The molecule has 1 N–H and O–H groups in total. The lowest BCUT2D eigenvalue weighted by Crippen LogP contribution is -2.30. The molecule has 1 amide bonds. The molecular formula is C25H21BrN2O4. The summed E-state index contributed by atoms with van der Waals surface area (Å²) in [4.78, 5) is 31.7. The van der Waals surface area contributed by atoms with Gasteiger partial charge >= 0.3 is 5.91 Å². The molecule has 4 rings (SSSR count). The second-order valence-electron chi connectivity index (χ2n) is 7.60. The Balaban J connectivity index is 1.85. The Kier molecular flexibility index (Phi) is 6.10. The third kappa shape index (κ3) is 4.16. The van der Waals surface area contributed by atoms with E-state index in [0.717, 1.165) is 4.47 Å². The van der Waals surface area contributed by atoms with Crippen LogP contribution in [-0.4, -0.2) is 27.9 Å². The van der Waals surface area contributed by atoms with Crippen molar-refractivity contribution in [3.63, 3.8) is 0 Å². The lowest BCUT2D eigenvalue weighted by atomic mass is 9.95. The molecule has 1 aliphatic rings. The largest absolute Gasteiger partial charge is 0.507 e. The van der Waals surface area contributed by atoms with E-state index in [1.165, 1.54) is 4.90 Å². The highest BCUT2D eigenvalue weighted by Crippen LogP contribution is 2.41. The summed E-state index contributed by atoms with van der Waals surface area (Å²) >= 11 is 3.41. The fourth-order valence-electron chi connectivity index (χ4n) is 3.64. The smallest absolute Gasteiger partial charge is 0.301 e. The number of carbonyl (C=O) groups excluding carboxylic acids is 2. The molecule has 32 heavy (non-hydrogen) atoms. The number of hydrogen-bond donors (Lipinski definition) is 1. The Morgan fingerprint density at radius 2 is 1.72 bits per heavy atom. The number of halogens is 1. The van der Waals surface area contributed by atoms with Gasteiger partial charge < -0.3 is 9.84 Å². The van der Waals surface area contributed by atoms with Crippen LogP contribution in [0.15, 0.2) is 83.0 Å². The quantitative estimate of drug-likeness (QED) is 0.298. The molecule has 0 unspecified atom stereocenters. The summed E-state index contributed by atoms with van der Waals surface area (Å²) in [5.41, 5.74) is 1.11. The molecule has 1 aliphatic heterocycles. The van der Waals surface area contributed by atoms with Crippen molar-refractivity contribution in [3.05, 3.63) is 94.1 Å². The Labute approximate surface area is 194 Å². The van der Waals surface area contributed by atoms with Gasteiger partial charge in [-0.25, -0.2) is 4.98 Å². The van der Waals surface area contributed by atoms with E-state index in [0.29, 0.717) is 22.7 Å². The van der Waals surface area contributed by atoms with Gasteiger partial charge in [0.1, 0.15) is 17.3 Å². The minimum Gasteiger partial charge on any atom is -0.507 e. The molecule has 6 nitrogen and oxygen atoms in total. The summed E-state index contributed by atoms with van der Waals surface area (Å²) < 4.78 is 6.51. The van der Waals surface area contributed by atoms with Crippen molar-refractivity contribution >= 4 is 39.2 Å². The molecule has 1 aromatic heterocycles. The molecule has 1 fully saturated rings. The van der Waals surface area contributed by atoms with Crippen molar-refractivity contribution in [2.75, 3.05) is 4.90 Å². The molecule has 0 bridgehead atoms. The predicted molar refractivity (Wildman–Crippen MR) is 125 cm³/mol. The second kappa shape index (κ2) is 8.96. The van der Waals surface area contributed by atoms with Gasteiger partial charge in [-0.3, -0.25) is 14.5 Å². The lowest BCUT2D eigenvalue weighted by molar-refractivity contribution is -0.132. The third-order valence-electron chi connectivity index (χ3n) is 5.03. The Hall–Kier alpha value is -3.45. The van der Waals surface area contributed by atoms with Crippen molar-refractivity contribution < 1.29 is 19.4 Å². The van der Waals surface area contributed by atoms with Crippen LogP contribution in [0.3, 0.4) is 0 Å². The summed E-state index contributed by atoms with van der Waals surface area (Å²) in [5.74, 6) is -0.760. The topological polar surface area (TPSA) is 79.7 Å².